The molecule has 0 saturated heterocycles. The van der Waals surface area contributed by atoms with Crippen LogP contribution in [0.3, 0.4) is 0 Å². The van der Waals surface area contributed by atoms with Gasteiger partial charge >= 0.3 is 17.9 Å². The van der Waals surface area contributed by atoms with Gasteiger partial charge in [-0.15, -0.1) is 0 Å². The molecule has 0 rings (SSSR count). The number of ether oxygens (including phenoxy) is 3. The van der Waals surface area contributed by atoms with Gasteiger partial charge in [-0.2, -0.15) is 0 Å². The number of carbonyl (C=O) groups excluding carboxylic acids is 3. The summed E-state index contributed by atoms with van der Waals surface area (Å²) in [4.78, 5) is 38.0. The number of rotatable bonds is 48. The molecule has 372 valence electrons. The van der Waals surface area contributed by atoms with Crippen LogP contribution in [0.2, 0.25) is 0 Å². The van der Waals surface area contributed by atoms with Crippen LogP contribution in [0.15, 0.2) is 85.1 Å². The van der Waals surface area contributed by atoms with E-state index in [-0.39, 0.29) is 31.1 Å². The van der Waals surface area contributed by atoms with Gasteiger partial charge in [0, 0.05) is 19.3 Å². The summed E-state index contributed by atoms with van der Waals surface area (Å²) < 4.78 is 16.8. The summed E-state index contributed by atoms with van der Waals surface area (Å²) in [6, 6.07) is 0. The molecule has 0 aromatic rings. The SMILES string of the molecule is CC/C=C\C/C=C\C/C=C\C/C=C\C/C=C\C/C=C\CCCCC(=O)OCC(COC(=O)CCCCCCCCCCCC)OC(=O)CCCCCCC/C=C\CCCCCCCCC. The number of unbranched alkanes of at least 4 members (excludes halogenated alkanes) is 23. The highest BCUT2D eigenvalue weighted by atomic mass is 16.6. The van der Waals surface area contributed by atoms with Gasteiger partial charge in [0.2, 0.25) is 0 Å². The molecule has 0 radical (unpaired) electrons. The second kappa shape index (κ2) is 53.2. The number of esters is 3. The summed E-state index contributed by atoms with van der Waals surface area (Å²) in [5.41, 5.74) is 0. The van der Waals surface area contributed by atoms with Crippen LogP contribution in [-0.2, 0) is 28.6 Å². The van der Waals surface area contributed by atoms with E-state index in [4.69, 9.17) is 14.2 Å². The van der Waals surface area contributed by atoms with E-state index in [2.05, 4.69) is 106 Å². The molecule has 65 heavy (non-hydrogen) atoms. The number of hydrogen-bond acceptors (Lipinski definition) is 6. The van der Waals surface area contributed by atoms with Gasteiger partial charge in [-0.05, 0) is 96.3 Å². The van der Waals surface area contributed by atoms with E-state index < -0.39 is 6.10 Å². The van der Waals surface area contributed by atoms with Crippen molar-refractivity contribution in [3.63, 3.8) is 0 Å². The largest absolute Gasteiger partial charge is 0.462 e. The second-order valence-corrected chi connectivity index (χ2v) is 17.8. The molecule has 6 heteroatoms. The van der Waals surface area contributed by atoms with Crippen LogP contribution in [0, 0.1) is 0 Å². The van der Waals surface area contributed by atoms with Crippen LogP contribution < -0.4 is 0 Å². The van der Waals surface area contributed by atoms with Crippen molar-refractivity contribution in [1.82, 2.24) is 0 Å². The minimum atomic E-state index is -0.796. The fourth-order valence-corrected chi connectivity index (χ4v) is 7.32. The van der Waals surface area contributed by atoms with Crippen LogP contribution in [-0.4, -0.2) is 37.2 Å². The first-order valence-electron chi connectivity index (χ1n) is 27.1. The quantitative estimate of drug-likeness (QED) is 0.0262. The third kappa shape index (κ3) is 51.4. The lowest BCUT2D eigenvalue weighted by atomic mass is 10.1. The van der Waals surface area contributed by atoms with Gasteiger partial charge in [0.25, 0.3) is 0 Å². The van der Waals surface area contributed by atoms with Crippen molar-refractivity contribution in [1.29, 1.82) is 0 Å². The van der Waals surface area contributed by atoms with Crippen molar-refractivity contribution in [2.45, 2.75) is 258 Å². The Morgan fingerprint density at radius 1 is 0.323 bits per heavy atom. The smallest absolute Gasteiger partial charge is 0.306 e. The predicted octanol–water partition coefficient (Wildman–Crippen LogP) is 18.0. The van der Waals surface area contributed by atoms with E-state index in [0.717, 1.165) is 109 Å². The molecule has 0 aliphatic carbocycles. The molecule has 0 fully saturated rings. The molecule has 0 amide bonds. The lowest BCUT2D eigenvalue weighted by Crippen LogP contribution is -2.30. The zero-order valence-corrected chi connectivity index (χ0v) is 42.5. The maximum absolute atomic E-state index is 12.8. The van der Waals surface area contributed by atoms with Gasteiger partial charge in [-0.25, -0.2) is 0 Å². The molecule has 0 heterocycles. The first-order valence-corrected chi connectivity index (χ1v) is 27.1. The summed E-state index contributed by atoms with van der Waals surface area (Å²) in [6.07, 6.45) is 68.6. The molecule has 0 spiro atoms. The molecule has 0 aliphatic heterocycles. The van der Waals surface area contributed by atoms with Crippen molar-refractivity contribution in [3.8, 4) is 0 Å². The minimum absolute atomic E-state index is 0.0925. The van der Waals surface area contributed by atoms with Crippen molar-refractivity contribution in [2.75, 3.05) is 13.2 Å². The molecular formula is C59H100O6. The topological polar surface area (TPSA) is 78.9 Å². The van der Waals surface area contributed by atoms with E-state index in [1.54, 1.807) is 0 Å². The van der Waals surface area contributed by atoms with Crippen LogP contribution in [0.25, 0.3) is 0 Å². The minimum Gasteiger partial charge on any atom is -0.462 e. The van der Waals surface area contributed by atoms with Crippen LogP contribution in [0.4, 0.5) is 0 Å². The predicted molar refractivity (Wildman–Crippen MR) is 279 cm³/mol. The van der Waals surface area contributed by atoms with E-state index in [9.17, 15) is 14.4 Å². The standard InChI is InChI=1S/C59H100O6/c1-4-7-10-13-16-19-22-24-26-28-29-30-31-32-34-35-37-40-43-46-49-52-58(61)64-55-56(54-63-57(60)51-48-45-42-39-21-18-15-12-9-6-3)65-59(62)53-50-47-44-41-38-36-33-27-25-23-20-17-14-11-8-5-2/h7,10,16,19,24,26-27,29-30,32-34,37,40,56H,4-6,8-9,11-15,17-18,20-23,25,28,31,35-36,38-39,41-55H2,1-3H3/b10-7-,19-16-,26-24-,30-29-,33-27-,34-32-,40-37-. The third-order valence-electron chi connectivity index (χ3n) is 11.4. The lowest BCUT2D eigenvalue weighted by molar-refractivity contribution is -0.167. The Hall–Kier alpha value is -3.41. The Kier molecular flexibility index (Phi) is 50.4. The van der Waals surface area contributed by atoms with Gasteiger partial charge in [0.15, 0.2) is 6.10 Å². The van der Waals surface area contributed by atoms with Crippen LogP contribution >= 0.6 is 0 Å². The van der Waals surface area contributed by atoms with Crippen molar-refractivity contribution < 1.29 is 28.6 Å². The molecule has 1 unspecified atom stereocenters. The summed E-state index contributed by atoms with van der Waals surface area (Å²) in [5, 5.41) is 0. The highest BCUT2D eigenvalue weighted by Crippen LogP contribution is 2.14. The van der Waals surface area contributed by atoms with E-state index in [1.165, 1.54) is 103 Å². The maximum atomic E-state index is 12.8. The van der Waals surface area contributed by atoms with E-state index in [1.807, 2.05) is 0 Å². The lowest BCUT2D eigenvalue weighted by Gasteiger charge is -2.18. The molecule has 0 N–H and O–H groups in total. The van der Waals surface area contributed by atoms with E-state index >= 15 is 0 Å². The normalized spacial score (nSPS) is 12.7. The monoisotopic (exact) mass is 905 g/mol. The zero-order valence-electron chi connectivity index (χ0n) is 42.5. The molecule has 0 aromatic heterocycles. The summed E-state index contributed by atoms with van der Waals surface area (Å²) in [5.74, 6) is -0.946. The zero-order chi connectivity index (χ0) is 47.2. The second-order valence-electron chi connectivity index (χ2n) is 17.8. The average Bonchev–Trinajstić information content (AvgIpc) is 3.30. The van der Waals surface area contributed by atoms with Gasteiger partial charge < -0.3 is 14.2 Å². The number of carbonyl (C=O) groups is 3. The fraction of sp³-hybridized carbons (Fsp3) is 0.712. The molecule has 0 aliphatic rings. The average molecular weight is 905 g/mol. The Bertz CT molecular complexity index is 1270. The first kappa shape index (κ1) is 61.6. The van der Waals surface area contributed by atoms with E-state index in [0.29, 0.717) is 19.3 Å². The van der Waals surface area contributed by atoms with Crippen LogP contribution in [0.5, 0.6) is 0 Å². The third-order valence-corrected chi connectivity index (χ3v) is 11.4. The Morgan fingerprint density at radius 2 is 0.600 bits per heavy atom. The highest BCUT2D eigenvalue weighted by Gasteiger charge is 2.19. The molecule has 0 aromatic carbocycles. The first-order chi connectivity index (χ1) is 32.0. The van der Waals surface area contributed by atoms with Crippen LogP contribution in [0.1, 0.15) is 252 Å². The molecule has 0 bridgehead atoms. The van der Waals surface area contributed by atoms with Gasteiger partial charge in [-0.3, -0.25) is 14.4 Å². The number of hydrogen-bond donors (Lipinski definition) is 0. The Balaban J connectivity index is 4.42. The van der Waals surface area contributed by atoms with Crippen molar-refractivity contribution in [2.24, 2.45) is 0 Å². The fourth-order valence-electron chi connectivity index (χ4n) is 7.32. The highest BCUT2D eigenvalue weighted by molar-refractivity contribution is 5.71. The summed E-state index contributed by atoms with van der Waals surface area (Å²) >= 11 is 0. The summed E-state index contributed by atoms with van der Waals surface area (Å²) in [7, 11) is 0. The number of allylic oxidation sites excluding steroid dienone is 14. The maximum Gasteiger partial charge on any atom is 0.306 e. The Labute approximate surface area is 401 Å². The molecular weight excluding hydrogens is 805 g/mol. The molecule has 1 atom stereocenters. The van der Waals surface area contributed by atoms with Gasteiger partial charge in [0.05, 0.1) is 0 Å². The molecule has 6 nitrogen and oxygen atoms in total. The summed E-state index contributed by atoms with van der Waals surface area (Å²) in [6.45, 7) is 6.47. The van der Waals surface area contributed by atoms with Crippen molar-refractivity contribution >= 4 is 17.9 Å². The van der Waals surface area contributed by atoms with Gasteiger partial charge in [0.1, 0.15) is 13.2 Å². The van der Waals surface area contributed by atoms with Gasteiger partial charge in [-0.1, -0.05) is 221 Å². The Morgan fingerprint density at radius 3 is 0.985 bits per heavy atom. The molecule has 0 saturated carbocycles. The van der Waals surface area contributed by atoms with Crippen molar-refractivity contribution in [3.05, 3.63) is 85.1 Å².